The lowest BCUT2D eigenvalue weighted by Gasteiger charge is -2.41. The topological polar surface area (TPSA) is 71.8 Å². The van der Waals surface area contributed by atoms with Crippen LogP contribution in [0.3, 0.4) is 0 Å². The van der Waals surface area contributed by atoms with Crippen LogP contribution in [0.15, 0.2) is 71.3 Å². The average molecular weight is 637 g/mol. The molecule has 2 amide bonds. The highest BCUT2D eigenvalue weighted by Crippen LogP contribution is 2.40. The second-order valence-electron chi connectivity index (χ2n) is 11.7. The fourth-order valence-corrected chi connectivity index (χ4v) is 6.28. The Labute approximate surface area is 256 Å². The van der Waals surface area contributed by atoms with Crippen molar-refractivity contribution in [2.45, 2.75) is 75.5 Å². The van der Waals surface area contributed by atoms with Crippen molar-refractivity contribution in [1.29, 1.82) is 0 Å². The Kier molecular flexibility index (Phi) is 9.62. The number of ether oxygens (including phenoxy) is 1. The van der Waals surface area contributed by atoms with Gasteiger partial charge in [0.1, 0.15) is 0 Å². The highest BCUT2D eigenvalue weighted by Gasteiger charge is 2.40. The third-order valence-corrected chi connectivity index (χ3v) is 8.70. The Hall–Kier alpha value is -3.80. The summed E-state index contributed by atoms with van der Waals surface area (Å²) < 4.78 is 92.2. The number of hydrogen-bond acceptors (Lipinski definition) is 4. The first-order valence-electron chi connectivity index (χ1n) is 14.9. The molecule has 1 aliphatic carbocycles. The zero-order valence-corrected chi connectivity index (χ0v) is 24.5. The van der Waals surface area contributed by atoms with Gasteiger partial charge in [0.15, 0.2) is 5.76 Å². The van der Waals surface area contributed by atoms with E-state index in [0.29, 0.717) is 57.3 Å². The molecule has 6 nitrogen and oxygen atoms in total. The molecule has 2 aromatic carbocycles. The highest BCUT2D eigenvalue weighted by atomic mass is 19.4. The fourth-order valence-electron chi connectivity index (χ4n) is 6.28. The number of likely N-dealkylation sites (tertiary alicyclic amines) is 1. The predicted octanol–water partition coefficient (Wildman–Crippen LogP) is 7.77. The molecule has 1 aromatic heterocycles. The first-order chi connectivity index (χ1) is 21.3. The number of amides is 2. The number of carbonyl (C=O) groups is 2. The largest absolute Gasteiger partial charge is 0.459 e. The fraction of sp³-hybridized carbons (Fsp3) is 0.455. The van der Waals surface area contributed by atoms with Gasteiger partial charge in [-0.15, -0.1) is 0 Å². The third-order valence-electron chi connectivity index (χ3n) is 8.70. The molecule has 0 bridgehead atoms. The second-order valence-corrected chi connectivity index (χ2v) is 11.7. The van der Waals surface area contributed by atoms with E-state index in [9.17, 15) is 35.9 Å². The molecule has 1 saturated heterocycles. The maximum absolute atomic E-state index is 13.6. The molecule has 3 atom stereocenters. The van der Waals surface area contributed by atoms with Gasteiger partial charge in [0.2, 0.25) is 5.91 Å². The van der Waals surface area contributed by atoms with Crippen LogP contribution in [-0.4, -0.2) is 41.9 Å². The van der Waals surface area contributed by atoms with Gasteiger partial charge < -0.3 is 19.4 Å². The smallest absolute Gasteiger partial charge is 0.416 e. The molecule has 0 unspecified atom stereocenters. The third kappa shape index (κ3) is 7.89. The normalized spacial score (nSPS) is 23.4. The SMILES string of the molecule is C[C@@H](O[C@H]1CCN(C(=O)[C@H]2CC[C@H](NC(=O)c3ccco3)CC2)C[C@H]1c1ccccc1)c1cc(C(F)(F)F)cc(C(F)(F)F)c1. The lowest BCUT2D eigenvalue weighted by Crippen LogP contribution is -2.49. The zero-order chi connectivity index (χ0) is 32.4. The number of benzene rings is 2. The molecule has 2 heterocycles. The molecule has 3 aromatic rings. The van der Waals surface area contributed by atoms with E-state index in [2.05, 4.69) is 5.32 Å². The van der Waals surface area contributed by atoms with Crippen LogP contribution in [-0.2, 0) is 21.9 Å². The van der Waals surface area contributed by atoms with E-state index >= 15 is 0 Å². The first kappa shape index (κ1) is 32.6. The number of nitrogens with zero attached hydrogens (tertiary/aromatic N) is 1. The minimum Gasteiger partial charge on any atom is -0.459 e. The van der Waals surface area contributed by atoms with Gasteiger partial charge >= 0.3 is 12.4 Å². The highest BCUT2D eigenvalue weighted by molar-refractivity contribution is 5.91. The Morgan fingerprint density at radius 2 is 1.53 bits per heavy atom. The Morgan fingerprint density at radius 1 is 0.889 bits per heavy atom. The molecule has 1 aliphatic heterocycles. The maximum atomic E-state index is 13.6. The Bertz CT molecular complexity index is 1420. The number of rotatable bonds is 7. The average Bonchev–Trinajstić information content (AvgIpc) is 3.56. The van der Waals surface area contributed by atoms with Crippen molar-refractivity contribution >= 4 is 11.8 Å². The number of carbonyl (C=O) groups excluding carboxylic acids is 2. The van der Waals surface area contributed by atoms with E-state index in [1.54, 1.807) is 17.0 Å². The van der Waals surface area contributed by atoms with Crippen molar-refractivity contribution in [2.24, 2.45) is 5.92 Å². The van der Waals surface area contributed by atoms with Crippen LogP contribution >= 0.6 is 0 Å². The molecule has 12 heteroatoms. The zero-order valence-electron chi connectivity index (χ0n) is 24.5. The second kappa shape index (κ2) is 13.3. The predicted molar refractivity (Wildman–Crippen MR) is 152 cm³/mol. The first-order valence-corrected chi connectivity index (χ1v) is 14.9. The number of halogens is 6. The van der Waals surface area contributed by atoms with E-state index in [-0.39, 0.29) is 47.1 Å². The summed E-state index contributed by atoms with van der Waals surface area (Å²) in [6, 6.07) is 13.9. The molecule has 0 radical (unpaired) electrons. The molecule has 45 heavy (non-hydrogen) atoms. The standard InChI is InChI=1S/C33H34F6N2O4/c1-20(23-16-24(32(34,35)36)18-25(17-23)33(37,38)39)45-28-13-14-41(19-27(28)21-6-3-2-4-7-21)31(43)22-9-11-26(12-10-22)40-30(42)29-8-5-15-44-29/h2-8,15-18,20,22,26-28H,9-14,19H2,1H3,(H,40,42)/t20-,22-,26-,27+,28+/m1/s1. The summed E-state index contributed by atoms with van der Waals surface area (Å²) in [7, 11) is 0. The van der Waals surface area contributed by atoms with Crippen LogP contribution < -0.4 is 5.32 Å². The van der Waals surface area contributed by atoms with Gasteiger partial charge in [-0.1, -0.05) is 30.3 Å². The van der Waals surface area contributed by atoms with E-state index < -0.39 is 35.7 Å². The molecule has 242 valence electrons. The van der Waals surface area contributed by atoms with Crippen molar-refractivity contribution < 1.29 is 45.1 Å². The van der Waals surface area contributed by atoms with Crippen molar-refractivity contribution in [3.8, 4) is 0 Å². The van der Waals surface area contributed by atoms with Crippen molar-refractivity contribution in [3.63, 3.8) is 0 Å². The van der Waals surface area contributed by atoms with Gasteiger partial charge in [-0.3, -0.25) is 9.59 Å². The van der Waals surface area contributed by atoms with E-state index in [4.69, 9.17) is 9.15 Å². The lowest BCUT2D eigenvalue weighted by molar-refractivity contribution is -0.143. The number of piperidine rings is 1. The summed E-state index contributed by atoms with van der Waals surface area (Å²) in [5.74, 6) is -0.639. The molecule has 0 spiro atoms. The quantitative estimate of drug-likeness (QED) is 0.269. The minimum atomic E-state index is -4.96. The van der Waals surface area contributed by atoms with Crippen LogP contribution in [0.1, 0.15) is 83.9 Å². The number of furan rings is 1. The molecular weight excluding hydrogens is 602 g/mol. The van der Waals surface area contributed by atoms with E-state index in [1.165, 1.54) is 13.2 Å². The van der Waals surface area contributed by atoms with Gasteiger partial charge in [0.05, 0.1) is 29.6 Å². The summed E-state index contributed by atoms with van der Waals surface area (Å²) in [4.78, 5) is 27.7. The summed E-state index contributed by atoms with van der Waals surface area (Å²) >= 11 is 0. The van der Waals surface area contributed by atoms with Gasteiger partial charge in [0.25, 0.3) is 5.91 Å². The van der Waals surface area contributed by atoms with Crippen LogP contribution in [0.2, 0.25) is 0 Å². The van der Waals surface area contributed by atoms with Crippen molar-refractivity contribution in [1.82, 2.24) is 10.2 Å². The Morgan fingerprint density at radius 3 is 2.11 bits per heavy atom. The van der Waals surface area contributed by atoms with Crippen molar-refractivity contribution in [3.05, 3.63) is 94.9 Å². The monoisotopic (exact) mass is 636 g/mol. The van der Waals surface area contributed by atoms with Crippen LogP contribution in [0.25, 0.3) is 0 Å². The number of alkyl halides is 6. The molecule has 2 aliphatic rings. The molecule has 1 N–H and O–H groups in total. The molecule has 1 saturated carbocycles. The summed E-state index contributed by atoms with van der Waals surface area (Å²) in [6.45, 7) is 2.08. The molecule has 2 fully saturated rings. The van der Waals surface area contributed by atoms with Crippen molar-refractivity contribution in [2.75, 3.05) is 13.1 Å². The van der Waals surface area contributed by atoms with Crippen LogP contribution in [0.4, 0.5) is 26.3 Å². The van der Waals surface area contributed by atoms with Gasteiger partial charge in [-0.05, 0) is 80.5 Å². The minimum absolute atomic E-state index is 0.00839. The van der Waals surface area contributed by atoms with Gasteiger partial charge in [-0.2, -0.15) is 26.3 Å². The van der Waals surface area contributed by atoms with Crippen LogP contribution in [0, 0.1) is 5.92 Å². The van der Waals surface area contributed by atoms with E-state index in [1.807, 2.05) is 30.3 Å². The lowest BCUT2D eigenvalue weighted by atomic mass is 9.83. The molecular formula is C33H34F6N2O4. The molecule has 5 rings (SSSR count). The Balaban J connectivity index is 1.27. The summed E-state index contributed by atoms with van der Waals surface area (Å²) in [5.41, 5.74) is -2.15. The van der Waals surface area contributed by atoms with E-state index in [0.717, 1.165) is 5.56 Å². The van der Waals surface area contributed by atoms with Gasteiger partial charge in [0, 0.05) is 31.0 Å². The summed E-state index contributed by atoms with van der Waals surface area (Å²) in [6.07, 6.45) is -7.28. The number of hydrogen-bond donors (Lipinski definition) is 1. The maximum Gasteiger partial charge on any atom is 0.416 e. The number of nitrogens with one attached hydrogen (secondary N) is 1. The summed E-state index contributed by atoms with van der Waals surface area (Å²) in [5, 5.41) is 2.95. The van der Waals surface area contributed by atoms with Crippen LogP contribution in [0.5, 0.6) is 0 Å². The van der Waals surface area contributed by atoms with Gasteiger partial charge in [-0.25, -0.2) is 0 Å².